The second-order valence-corrected chi connectivity index (χ2v) is 9.38. The molecule has 1 aliphatic heterocycles. The van der Waals surface area contributed by atoms with Crippen molar-refractivity contribution in [3.8, 4) is 0 Å². The average Bonchev–Trinajstić information content (AvgIpc) is 2.75. The molecule has 4 heteroatoms. The lowest BCUT2D eigenvalue weighted by molar-refractivity contribution is 0.266. The van der Waals surface area contributed by atoms with Crippen molar-refractivity contribution < 1.29 is 4.79 Å². The summed E-state index contributed by atoms with van der Waals surface area (Å²) >= 11 is 1.39. The second-order valence-electron chi connectivity index (χ2n) is 8.33. The lowest BCUT2D eigenvalue weighted by Crippen LogP contribution is -2.35. The van der Waals surface area contributed by atoms with Gasteiger partial charge in [0, 0.05) is 24.3 Å². The highest BCUT2D eigenvalue weighted by Gasteiger charge is 2.38. The lowest BCUT2D eigenvalue weighted by Gasteiger charge is -2.40. The number of rotatable bonds is 5. The van der Waals surface area contributed by atoms with E-state index in [1.165, 1.54) is 28.5 Å². The van der Waals surface area contributed by atoms with Crippen LogP contribution in [0.5, 0.6) is 0 Å². The Balaban J connectivity index is 1.49. The third-order valence-electron chi connectivity index (χ3n) is 5.81. The molecule has 1 aliphatic rings. The van der Waals surface area contributed by atoms with Crippen LogP contribution in [0.4, 0.5) is 16.2 Å². The number of benzene rings is 3. The summed E-state index contributed by atoms with van der Waals surface area (Å²) in [5.41, 5.74) is 5.53. The minimum Gasteiger partial charge on any atom is -0.301 e. The number of hydrogen-bond donors (Lipinski definition) is 0. The number of carbonyl (C=O) groups is 1. The van der Waals surface area contributed by atoms with E-state index in [9.17, 15) is 4.79 Å². The molecule has 1 amide bonds. The van der Waals surface area contributed by atoms with Crippen LogP contribution in [0.25, 0.3) is 0 Å². The highest BCUT2D eigenvalue weighted by molar-refractivity contribution is 8.13. The zero-order valence-corrected chi connectivity index (χ0v) is 18.7. The molecule has 1 heterocycles. The number of anilines is 2. The molecule has 154 valence electrons. The van der Waals surface area contributed by atoms with Gasteiger partial charge in [0.2, 0.25) is 0 Å². The Labute approximate surface area is 183 Å². The molecule has 0 radical (unpaired) electrons. The molecule has 0 fully saturated rings. The van der Waals surface area contributed by atoms with Crippen LogP contribution in [-0.4, -0.2) is 29.5 Å². The van der Waals surface area contributed by atoms with E-state index in [0.717, 1.165) is 30.2 Å². The molecule has 0 unspecified atom stereocenters. The molecule has 4 rings (SSSR count). The molecule has 3 nitrogen and oxygen atoms in total. The largest absolute Gasteiger partial charge is 0.301 e. The third-order valence-corrected chi connectivity index (χ3v) is 6.63. The summed E-state index contributed by atoms with van der Waals surface area (Å²) < 4.78 is 0. The van der Waals surface area contributed by atoms with Crippen LogP contribution in [0.3, 0.4) is 0 Å². The van der Waals surface area contributed by atoms with Crippen molar-refractivity contribution in [2.75, 3.05) is 24.2 Å². The summed E-state index contributed by atoms with van der Waals surface area (Å²) in [5.74, 6) is 0.756. The van der Waals surface area contributed by atoms with E-state index in [1.54, 1.807) is 0 Å². The van der Waals surface area contributed by atoms with E-state index < -0.39 is 0 Å². The minimum atomic E-state index is -0.134. The van der Waals surface area contributed by atoms with Crippen LogP contribution < -0.4 is 4.90 Å². The second kappa shape index (κ2) is 8.66. The van der Waals surface area contributed by atoms with Gasteiger partial charge in [0.15, 0.2) is 0 Å². The van der Waals surface area contributed by atoms with Crippen LogP contribution in [0.2, 0.25) is 0 Å². The number of para-hydroxylation sites is 2. The molecule has 0 bridgehead atoms. The zero-order chi connectivity index (χ0) is 21.1. The van der Waals surface area contributed by atoms with Crippen molar-refractivity contribution in [2.45, 2.75) is 25.8 Å². The van der Waals surface area contributed by atoms with Gasteiger partial charge in [-0.05, 0) is 35.9 Å². The predicted octanol–water partition coefficient (Wildman–Crippen LogP) is 6.45. The lowest BCUT2D eigenvalue weighted by atomic mass is 9.74. The molecule has 30 heavy (non-hydrogen) atoms. The van der Waals surface area contributed by atoms with Crippen molar-refractivity contribution in [3.63, 3.8) is 0 Å². The van der Waals surface area contributed by atoms with Crippen LogP contribution in [0.15, 0.2) is 78.9 Å². The Bertz CT molecular complexity index is 982. The molecule has 0 saturated heterocycles. The third kappa shape index (κ3) is 4.03. The maximum Gasteiger partial charge on any atom is 0.290 e. The summed E-state index contributed by atoms with van der Waals surface area (Å²) in [4.78, 5) is 17.5. The fraction of sp³-hybridized carbons (Fsp3) is 0.269. The molecule has 3 aromatic rings. The first-order valence-corrected chi connectivity index (χ1v) is 11.4. The topological polar surface area (TPSA) is 23.6 Å². The number of hydrogen-bond acceptors (Lipinski definition) is 3. The molecule has 0 spiro atoms. The van der Waals surface area contributed by atoms with Crippen molar-refractivity contribution in [3.05, 3.63) is 95.6 Å². The Morgan fingerprint density at radius 3 is 2.00 bits per heavy atom. The van der Waals surface area contributed by atoms with Crippen molar-refractivity contribution in [1.82, 2.24) is 4.90 Å². The monoisotopic (exact) mass is 416 g/mol. The molecule has 0 saturated carbocycles. The van der Waals surface area contributed by atoms with E-state index in [4.69, 9.17) is 0 Å². The smallest absolute Gasteiger partial charge is 0.290 e. The first-order valence-electron chi connectivity index (χ1n) is 10.4. The molecular formula is C26H28N2OS. The first kappa shape index (κ1) is 20.7. The Kier molecular flexibility index (Phi) is 5.98. The fourth-order valence-corrected chi connectivity index (χ4v) is 5.10. The summed E-state index contributed by atoms with van der Waals surface area (Å²) in [6, 6.07) is 27.0. The van der Waals surface area contributed by atoms with Gasteiger partial charge >= 0.3 is 0 Å². The Morgan fingerprint density at radius 2 is 1.40 bits per heavy atom. The van der Waals surface area contributed by atoms with Crippen LogP contribution >= 0.6 is 11.8 Å². The van der Waals surface area contributed by atoms with Gasteiger partial charge in [0.25, 0.3) is 5.24 Å². The quantitative estimate of drug-likeness (QED) is 0.477. The van der Waals surface area contributed by atoms with Gasteiger partial charge in [-0.1, -0.05) is 92.3 Å². The molecule has 0 aliphatic carbocycles. The fourth-order valence-electron chi connectivity index (χ4n) is 4.19. The number of nitrogens with zero attached hydrogens (tertiary/aromatic N) is 2. The molecule has 0 N–H and O–H groups in total. The zero-order valence-electron chi connectivity index (χ0n) is 17.8. The number of carbonyl (C=O) groups excluding carboxylic acids is 1. The molecular weight excluding hydrogens is 388 g/mol. The van der Waals surface area contributed by atoms with Crippen molar-refractivity contribution in [2.24, 2.45) is 0 Å². The molecule has 3 aromatic carbocycles. The van der Waals surface area contributed by atoms with Crippen molar-refractivity contribution in [1.29, 1.82) is 0 Å². The van der Waals surface area contributed by atoms with Gasteiger partial charge in [0.1, 0.15) is 0 Å². The minimum absolute atomic E-state index is 0.0820. The van der Waals surface area contributed by atoms with E-state index in [2.05, 4.69) is 86.5 Å². The van der Waals surface area contributed by atoms with Gasteiger partial charge in [-0.15, -0.1) is 0 Å². The number of fused-ring (bicyclic) bond motifs is 2. The maximum absolute atomic E-state index is 13.3. The Hall–Kier alpha value is -2.56. The highest BCUT2D eigenvalue weighted by atomic mass is 32.2. The normalized spacial score (nSPS) is 14.3. The van der Waals surface area contributed by atoms with E-state index in [0.29, 0.717) is 0 Å². The van der Waals surface area contributed by atoms with Gasteiger partial charge < -0.3 is 4.90 Å². The van der Waals surface area contributed by atoms with E-state index >= 15 is 0 Å². The predicted molar refractivity (Wildman–Crippen MR) is 128 cm³/mol. The number of amides is 1. The summed E-state index contributed by atoms with van der Waals surface area (Å²) in [6.07, 6.45) is 0. The van der Waals surface area contributed by atoms with Gasteiger partial charge in [-0.25, -0.2) is 0 Å². The summed E-state index contributed by atoms with van der Waals surface area (Å²) in [5, 5.41) is 0.0820. The highest BCUT2D eigenvalue weighted by Crippen LogP contribution is 2.49. The van der Waals surface area contributed by atoms with Gasteiger partial charge in [-0.2, -0.15) is 0 Å². The van der Waals surface area contributed by atoms with Gasteiger partial charge in [-0.3, -0.25) is 9.69 Å². The maximum atomic E-state index is 13.3. The van der Waals surface area contributed by atoms with Crippen LogP contribution in [0, 0.1) is 0 Å². The van der Waals surface area contributed by atoms with E-state index in [1.807, 2.05) is 23.1 Å². The summed E-state index contributed by atoms with van der Waals surface area (Å²) in [7, 11) is 2.10. The number of thioether (sulfide) groups is 1. The molecule has 0 atom stereocenters. The van der Waals surface area contributed by atoms with E-state index in [-0.39, 0.29) is 10.7 Å². The van der Waals surface area contributed by atoms with Gasteiger partial charge in [0.05, 0.1) is 11.4 Å². The SMILES string of the molecule is CN(CCSC(=O)N1c2ccccc2C(C)(C)c2ccccc21)Cc1ccccc1. The summed E-state index contributed by atoms with van der Waals surface area (Å²) in [6.45, 7) is 6.21. The van der Waals surface area contributed by atoms with Crippen LogP contribution in [-0.2, 0) is 12.0 Å². The molecule has 0 aromatic heterocycles. The van der Waals surface area contributed by atoms with Crippen LogP contribution in [0.1, 0.15) is 30.5 Å². The standard InChI is InChI=1S/C26H28N2OS/c1-26(2)21-13-7-9-15-23(21)28(24-16-10-8-14-22(24)26)25(29)30-18-17-27(3)19-20-11-5-4-6-12-20/h4-16H,17-19H2,1-3H3. The Morgan fingerprint density at radius 1 is 0.867 bits per heavy atom. The first-order chi connectivity index (χ1) is 14.5. The average molecular weight is 417 g/mol. The van der Waals surface area contributed by atoms with Crippen molar-refractivity contribution >= 4 is 28.4 Å².